The topological polar surface area (TPSA) is 76.8 Å². The van der Waals surface area contributed by atoms with Crippen molar-refractivity contribution in [3.8, 4) is 11.5 Å². The lowest BCUT2D eigenvalue weighted by atomic mass is 10.1. The first-order chi connectivity index (χ1) is 13.6. The van der Waals surface area contributed by atoms with Crippen LogP contribution in [0.15, 0.2) is 42.5 Å². The van der Waals surface area contributed by atoms with E-state index >= 15 is 0 Å². The molecule has 0 unspecified atom stereocenters. The number of nitrogens with one attached hydrogen (secondary N) is 1. The number of fused-ring (bicyclic) bond motifs is 1. The first-order valence-electron chi connectivity index (χ1n) is 9.49. The maximum Gasteiger partial charge on any atom is 0.237 e. The Hall–Kier alpha value is -2.28. The summed E-state index contributed by atoms with van der Waals surface area (Å²) in [4.78, 5) is 14.9. The van der Waals surface area contributed by atoms with Crippen LogP contribution < -0.4 is 20.5 Å². The normalized spacial score (nSPS) is 21.1. The van der Waals surface area contributed by atoms with E-state index < -0.39 is 0 Å². The van der Waals surface area contributed by atoms with Crippen LogP contribution in [-0.2, 0) is 17.8 Å². The van der Waals surface area contributed by atoms with E-state index in [9.17, 15) is 4.79 Å². The Morgan fingerprint density at radius 1 is 1.18 bits per heavy atom. The van der Waals surface area contributed by atoms with Crippen LogP contribution in [0.1, 0.15) is 17.5 Å². The van der Waals surface area contributed by atoms with Crippen molar-refractivity contribution in [1.29, 1.82) is 0 Å². The molecular weight excluding hydrogens is 378 g/mol. The van der Waals surface area contributed by atoms with Crippen LogP contribution in [-0.4, -0.2) is 42.8 Å². The number of nitrogens with two attached hydrogens (primary N) is 1. The second kappa shape index (κ2) is 8.39. The van der Waals surface area contributed by atoms with Gasteiger partial charge in [0.1, 0.15) is 0 Å². The van der Waals surface area contributed by atoms with Crippen molar-refractivity contribution in [2.75, 3.05) is 19.9 Å². The Morgan fingerprint density at radius 2 is 2.04 bits per heavy atom. The van der Waals surface area contributed by atoms with E-state index in [4.69, 9.17) is 26.8 Å². The molecule has 6 nitrogen and oxygen atoms in total. The van der Waals surface area contributed by atoms with E-state index in [0.717, 1.165) is 29.0 Å². The Balaban J connectivity index is 1.32. The van der Waals surface area contributed by atoms with Crippen LogP contribution in [0.2, 0.25) is 5.02 Å². The van der Waals surface area contributed by atoms with Crippen LogP contribution in [0, 0.1) is 0 Å². The average molecular weight is 402 g/mol. The number of rotatable bonds is 6. The van der Waals surface area contributed by atoms with Gasteiger partial charge in [-0.15, -0.1) is 0 Å². The summed E-state index contributed by atoms with van der Waals surface area (Å²) in [6.07, 6.45) is 1.39. The van der Waals surface area contributed by atoms with Crippen molar-refractivity contribution >= 4 is 17.5 Å². The van der Waals surface area contributed by atoms with Crippen molar-refractivity contribution in [3.63, 3.8) is 0 Å². The number of carbonyl (C=O) groups excluding carboxylic acids is 1. The monoisotopic (exact) mass is 401 g/mol. The molecule has 2 aromatic rings. The highest BCUT2D eigenvalue weighted by Gasteiger charge is 2.34. The predicted octanol–water partition coefficient (Wildman–Crippen LogP) is 2.33. The summed E-state index contributed by atoms with van der Waals surface area (Å²) in [5, 5.41) is 3.75. The van der Waals surface area contributed by atoms with Gasteiger partial charge in [0.25, 0.3) is 0 Å². The fourth-order valence-electron chi connectivity index (χ4n) is 3.80. The van der Waals surface area contributed by atoms with Gasteiger partial charge in [0, 0.05) is 30.7 Å². The molecule has 0 bridgehead atoms. The summed E-state index contributed by atoms with van der Waals surface area (Å²) in [7, 11) is 0. The lowest BCUT2D eigenvalue weighted by Gasteiger charge is -2.23. The summed E-state index contributed by atoms with van der Waals surface area (Å²) in [5.74, 6) is 1.55. The third kappa shape index (κ3) is 4.41. The second-order valence-electron chi connectivity index (χ2n) is 7.30. The summed E-state index contributed by atoms with van der Waals surface area (Å²) < 4.78 is 10.7. The predicted molar refractivity (Wildman–Crippen MR) is 108 cm³/mol. The van der Waals surface area contributed by atoms with Gasteiger partial charge in [-0.2, -0.15) is 0 Å². The zero-order valence-electron chi connectivity index (χ0n) is 15.6. The van der Waals surface area contributed by atoms with Crippen molar-refractivity contribution in [2.45, 2.75) is 31.5 Å². The van der Waals surface area contributed by atoms with Crippen molar-refractivity contribution in [2.24, 2.45) is 5.73 Å². The van der Waals surface area contributed by atoms with Gasteiger partial charge >= 0.3 is 0 Å². The van der Waals surface area contributed by atoms with Crippen LogP contribution >= 0.6 is 11.6 Å². The highest BCUT2D eigenvalue weighted by molar-refractivity contribution is 6.30. The number of halogens is 1. The molecular formula is C21H24ClN3O3. The molecule has 0 aromatic heterocycles. The van der Waals surface area contributed by atoms with Crippen LogP contribution in [0.4, 0.5) is 0 Å². The van der Waals surface area contributed by atoms with Gasteiger partial charge in [0.15, 0.2) is 11.5 Å². The Bertz CT molecular complexity index is 861. The fourth-order valence-corrected chi connectivity index (χ4v) is 4.01. The van der Waals surface area contributed by atoms with Gasteiger partial charge in [0.05, 0.1) is 6.04 Å². The first kappa shape index (κ1) is 19.1. The van der Waals surface area contributed by atoms with E-state index in [-0.39, 0.29) is 24.8 Å². The molecule has 0 radical (unpaired) electrons. The molecule has 2 heterocycles. The van der Waals surface area contributed by atoms with E-state index in [1.807, 2.05) is 42.5 Å². The van der Waals surface area contributed by atoms with Crippen LogP contribution in [0.25, 0.3) is 0 Å². The number of ether oxygens (including phenoxy) is 2. The summed E-state index contributed by atoms with van der Waals surface area (Å²) in [5.41, 5.74) is 8.32. The SMILES string of the molecule is N[C@H]1C[C@@H](C(=O)NCCc2ccc3c(c2)OCO3)N(Cc2cccc(Cl)c2)C1. The highest BCUT2D eigenvalue weighted by atomic mass is 35.5. The summed E-state index contributed by atoms with van der Waals surface area (Å²) in [6, 6.07) is 13.4. The van der Waals surface area contributed by atoms with Gasteiger partial charge < -0.3 is 20.5 Å². The highest BCUT2D eigenvalue weighted by Crippen LogP contribution is 2.32. The lowest BCUT2D eigenvalue weighted by molar-refractivity contribution is -0.125. The zero-order valence-corrected chi connectivity index (χ0v) is 16.3. The van der Waals surface area contributed by atoms with Crippen molar-refractivity contribution in [1.82, 2.24) is 10.2 Å². The molecule has 1 amide bonds. The Labute approximate surface area is 169 Å². The van der Waals surface area contributed by atoms with E-state index in [1.54, 1.807) is 0 Å². The molecule has 0 spiro atoms. The van der Waals surface area contributed by atoms with Crippen molar-refractivity contribution < 1.29 is 14.3 Å². The third-order valence-electron chi connectivity index (χ3n) is 5.16. The Kier molecular flexibility index (Phi) is 5.71. The first-order valence-corrected chi connectivity index (χ1v) is 9.86. The molecule has 28 heavy (non-hydrogen) atoms. The molecule has 2 aromatic carbocycles. The smallest absolute Gasteiger partial charge is 0.237 e. The zero-order chi connectivity index (χ0) is 19.5. The molecule has 3 N–H and O–H groups in total. The molecule has 0 saturated carbocycles. The molecule has 1 saturated heterocycles. The lowest BCUT2D eigenvalue weighted by Crippen LogP contribution is -2.43. The van der Waals surface area contributed by atoms with Gasteiger partial charge in [-0.05, 0) is 48.2 Å². The fraction of sp³-hybridized carbons (Fsp3) is 0.381. The number of nitrogens with zero attached hydrogens (tertiary/aromatic N) is 1. The van der Waals surface area contributed by atoms with Gasteiger partial charge in [-0.25, -0.2) is 0 Å². The molecule has 2 aliphatic rings. The maximum atomic E-state index is 12.8. The standard InChI is InChI=1S/C21H24ClN3O3/c22-16-3-1-2-15(8-16)11-25-12-17(23)10-18(25)21(26)24-7-6-14-4-5-19-20(9-14)28-13-27-19/h1-5,8-9,17-18H,6-7,10-13,23H2,(H,24,26)/t17-,18-/m0/s1. The second-order valence-corrected chi connectivity index (χ2v) is 7.74. The molecule has 4 rings (SSSR count). The molecule has 1 fully saturated rings. The molecule has 148 valence electrons. The van der Waals surface area contributed by atoms with Crippen molar-refractivity contribution in [3.05, 3.63) is 58.6 Å². The molecule has 2 atom stereocenters. The van der Waals surface area contributed by atoms with Crippen LogP contribution in [0.3, 0.4) is 0 Å². The van der Waals surface area contributed by atoms with Gasteiger partial charge in [0.2, 0.25) is 12.7 Å². The molecule has 2 aliphatic heterocycles. The number of hydrogen-bond acceptors (Lipinski definition) is 5. The largest absolute Gasteiger partial charge is 0.454 e. The van der Waals surface area contributed by atoms with E-state index in [1.165, 1.54) is 0 Å². The number of hydrogen-bond donors (Lipinski definition) is 2. The van der Waals surface area contributed by atoms with Gasteiger partial charge in [-0.1, -0.05) is 29.8 Å². The minimum Gasteiger partial charge on any atom is -0.454 e. The third-order valence-corrected chi connectivity index (χ3v) is 5.40. The number of benzene rings is 2. The quantitative estimate of drug-likeness (QED) is 0.776. The minimum absolute atomic E-state index is 0.00351. The minimum atomic E-state index is -0.217. The Morgan fingerprint density at radius 3 is 2.89 bits per heavy atom. The average Bonchev–Trinajstić information content (AvgIpc) is 3.27. The number of amides is 1. The van der Waals surface area contributed by atoms with E-state index in [2.05, 4.69) is 10.2 Å². The maximum absolute atomic E-state index is 12.8. The molecule has 0 aliphatic carbocycles. The van der Waals surface area contributed by atoms with Gasteiger partial charge in [-0.3, -0.25) is 9.69 Å². The van der Waals surface area contributed by atoms with Crippen LogP contribution in [0.5, 0.6) is 11.5 Å². The number of carbonyl (C=O) groups is 1. The van der Waals surface area contributed by atoms with E-state index in [0.29, 0.717) is 31.1 Å². The summed E-state index contributed by atoms with van der Waals surface area (Å²) >= 11 is 6.08. The summed E-state index contributed by atoms with van der Waals surface area (Å²) in [6.45, 7) is 2.19. The number of likely N-dealkylation sites (tertiary alicyclic amines) is 1. The molecule has 7 heteroatoms.